The molecule has 0 aliphatic carbocycles. The third-order valence-corrected chi connectivity index (χ3v) is 15.3. The highest BCUT2D eigenvalue weighted by Crippen LogP contribution is 2.18. The van der Waals surface area contributed by atoms with Crippen LogP contribution in [0.2, 0.25) is 0 Å². The smallest absolute Gasteiger partial charge is 0.306 e. The quantitative estimate of drug-likeness (QED) is 0.0261. The molecule has 0 aliphatic rings. The first-order chi connectivity index (χ1) is 38.5. The number of unbranched alkanes of at least 4 members (excludes halogenated alkanes) is 42. The first-order valence-electron chi connectivity index (χ1n) is 34.3. The standard InChI is InChI=1S/C72H130O6/c1-4-7-10-13-16-19-22-25-28-31-33-34-35-36-37-38-39-42-44-47-50-53-56-59-62-65-71(74)77-68-69(67-76-70(73)64-61-58-55-52-49-46-43-40-30-27-24-21-18-15-12-9-6-3)78-72(75)66-63-60-57-54-51-48-45-41-32-29-26-23-20-17-14-11-8-5-2/h7,10,16,19,25,28,33-34,36-37,69H,4-6,8-9,11-15,17-18,20-24,26-27,29-32,35,38-68H2,1-3H3/b10-7-,19-16-,28-25-,34-33-,37-36-. The number of hydrogen-bond donors (Lipinski definition) is 0. The Labute approximate surface area is 485 Å². The Hall–Kier alpha value is -2.89. The Bertz CT molecular complexity index is 1390. The fourth-order valence-corrected chi connectivity index (χ4v) is 10.2. The summed E-state index contributed by atoms with van der Waals surface area (Å²) in [6.07, 6.45) is 85.2. The van der Waals surface area contributed by atoms with Gasteiger partial charge in [-0.3, -0.25) is 14.4 Å². The minimum absolute atomic E-state index is 0.0701. The molecule has 0 heterocycles. The normalized spacial score (nSPS) is 12.4. The average Bonchev–Trinajstić information content (AvgIpc) is 3.44. The fourth-order valence-electron chi connectivity index (χ4n) is 10.2. The summed E-state index contributed by atoms with van der Waals surface area (Å²) in [7, 11) is 0. The maximum absolute atomic E-state index is 12.9. The molecule has 0 spiro atoms. The summed E-state index contributed by atoms with van der Waals surface area (Å²) in [5, 5.41) is 0. The topological polar surface area (TPSA) is 78.9 Å². The molecular weight excluding hydrogens is 961 g/mol. The molecule has 6 heteroatoms. The van der Waals surface area contributed by atoms with Gasteiger partial charge in [-0.05, 0) is 64.2 Å². The summed E-state index contributed by atoms with van der Waals surface area (Å²) in [6.45, 7) is 6.59. The van der Waals surface area contributed by atoms with Crippen LogP contribution in [0.4, 0.5) is 0 Å². The Kier molecular flexibility index (Phi) is 64.2. The molecule has 0 rings (SSSR count). The van der Waals surface area contributed by atoms with Crippen molar-refractivity contribution >= 4 is 17.9 Å². The first-order valence-corrected chi connectivity index (χ1v) is 34.3. The second-order valence-electron chi connectivity index (χ2n) is 23.1. The highest BCUT2D eigenvalue weighted by molar-refractivity contribution is 5.71. The molecule has 0 aromatic rings. The zero-order chi connectivity index (χ0) is 56.4. The molecule has 0 bridgehead atoms. The van der Waals surface area contributed by atoms with Gasteiger partial charge in [0.15, 0.2) is 6.10 Å². The molecular formula is C72H130O6. The van der Waals surface area contributed by atoms with Crippen LogP contribution in [0, 0.1) is 0 Å². The minimum Gasteiger partial charge on any atom is -0.462 e. The van der Waals surface area contributed by atoms with E-state index in [-0.39, 0.29) is 31.1 Å². The lowest BCUT2D eigenvalue weighted by Crippen LogP contribution is -2.30. The van der Waals surface area contributed by atoms with E-state index in [9.17, 15) is 14.4 Å². The molecule has 78 heavy (non-hydrogen) atoms. The highest BCUT2D eigenvalue weighted by Gasteiger charge is 2.19. The van der Waals surface area contributed by atoms with Crippen molar-refractivity contribution in [2.24, 2.45) is 0 Å². The van der Waals surface area contributed by atoms with E-state index >= 15 is 0 Å². The van der Waals surface area contributed by atoms with Crippen LogP contribution in [0.3, 0.4) is 0 Å². The van der Waals surface area contributed by atoms with Crippen LogP contribution in [0.25, 0.3) is 0 Å². The Morgan fingerprint density at radius 3 is 0.782 bits per heavy atom. The molecule has 0 saturated heterocycles. The largest absolute Gasteiger partial charge is 0.462 e. The monoisotopic (exact) mass is 1090 g/mol. The van der Waals surface area contributed by atoms with Gasteiger partial charge in [0, 0.05) is 19.3 Å². The number of esters is 3. The second kappa shape index (κ2) is 66.6. The van der Waals surface area contributed by atoms with Gasteiger partial charge in [-0.15, -0.1) is 0 Å². The Morgan fingerprint density at radius 1 is 0.269 bits per heavy atom. The first kappa shape index (κ1) is 75.1. The minimum atomic E-state index is -0.774. The van der Waals surface area contributed by atoms with Crippen molar-refractivity contribution in [1.29, 1.82) is 0 Å². The van der Waals surface area contributed by atoms with E-state index in [1.165, 1.54) is 225 Å². The van der Waals surface area contributed by atoms with Gasteiger partial charge >= 0.3 is 17.9 Å². The van der Waals surface area contributed by atoms with Crippen molar-refractivity contribution in [3.63, 3.8) is 0 Å². The number of allylic oxidation sites excluding steroid dienone is 10. The van der Waals surface area contributed by atoms with Crippen LogP contribution in [-0.2, 0) is 28.6 Å². The summed E-state index contributed by atoms with van der Waals surface area (Å²) in [4.78, 5) is 38.4. The average molecular weight is 1090 g/mol. The highest BCUT2D eigenvalue weighted by atomic mass is 16.6. The third-order valence-electron chi connectivity index (χ3n) is 15.3. The van der Waals surface area contributed by atoms with E-state index in [1.54, 1.807) is 0 Å². The van der Waals surface area contributed by atoms with Gasteiger partial charge < -0.3 is 14.2 Å². The molecule has 454 valence electrons. The summed E-state index contributed by atoms with van der Waals surface area (Å²) in [5.41, 5.74) is 0. The van der Waals surface area contributed by atoms with Crippen molar-refractivity contribution < 1.29 is 28.6 Å². The third kappa shape index (κ3) is 63.9. The number of carbonyl (C=O) groups is 3. The lowest BCUT2D eigenvalue weighted by molar-refractivity contribution is -0.167. The molecule has 0 fully saturated rings. The van der Waals surface area contributed by atoms with Gasteiger partial charge in [-0.2, -0.15) is 0 Å². The van der Waals surface area contributed by atoms with Crippen LogP contribution in [0.5, 0.6) is 0 Å². The molecule has 1 atom stereocenters. The maximum Gasteiger partial charge on any atom is 0.306 e. The molecule has 0 radical (unpaired) electrons. The van der Waals surface area contributed by atoms with Gasteiger partial charge in [-0.1, -0.05) is 338 Å². The molecule has 0 amide bonds. The van der Waals surface area contributed by atoms with E-state index in [0.717, 1.165) is 96.3 Å². The lowest BCUT2D eigenvalue weighted by Gasteiger charge is -2.18. The van der Waals surface area contributed by atoms with E-state index in [0.29, 0.717) is 19.3 Å². The van der Waals surface area contributed by atoms with Crippen LogP contribution >= 0.6 is 0 Å². The van der Waals surface area contributed by atoms with Gasteiger partial charge in [0.25, 0.3) is 0 Å². The van der Waals surface area contributed by atoms with E-state index in [2.05, 4.69) is 81.5 Å². The van der Waals surface area contributed by atoms with Gasteiger partial charge in [0.2, 0.25) is 0 Å². The van der Waals surface area contributed by atoms with Crippen molar-refractivity contribution in [3.05, 3.63) is 60.8 Å². The molecule has 0 aliphatic heterocycles. The van der Waals surface area contributed by atoms with E-state index in [4.69, 9.17) is 14.2 Å². The van der Waals surface area contributed by atoms with E-state index in [1.807, 2.05) is 0 Å². The van der Waals surface area contributed by atoms with Gasteiger partial charge in [-0.25, -0.2) is 0 Å². The molecule has 1 unspecified atom stereocenters. The van der Waals surface area contributed by atoms with Crippen molar-refractivity contribution in [2.45, 2.75) is 367 Å². The van der Waals surface area contributed by atoms with Crippen molar-refractivity contribution in [1.82, 2.24) is 0 Å². The number of hydrogen-bond acceptors (Lipinski definition) is 6. The summed E-state index contributed by atoms with van der Waals surface area (Å²) < 4.78 is 17.0. The van der Waals surface area contributed by atoms with Crippen LogP contribution < -0.4 is 0 Å². The predicted octanol–water partition coefficient (Wildman–Crippen LogP) is 23.5. The van der Waals surface area contributed by atoms with Gasteiger partial charge in [0.1, 0.15) is 13.2 Å². The van der Waals surface area contributed by atoms with Crippen molar-refractivity contribution in [2.75, 3.05) is 13.2 Å². The van der Waals surface area contributed by atoms with Crippen LogP contribution in [0.1, 0.15) is 361 Å². The zero-order valence-electron chi connectivity index (χ0n) is 52.2. The predicted molar refractivity (Wildman–Crippen MR) is 339 cm³/mol. The number of ether oxygens (including phenoxy) is 3. The van der Waals surface area contributed by atoms with Crippen LogP contribution in [0.15, 0.2) is 60.8 Å². The molecule has 0 aromatic heterocycles. The fraction of sp³-hybridized carbons (Fsp3) is 0.819. The SMILES string of the molecule is CC/C=C\C/C=C\C/C=C\C/C=C\C/C=C\CCCCCCCCCCCC(=O)OCC(COC(=O)CCCCCCCCCCCCCCCCCCC)OC(=O)CCCCCCCCCCCCCCCCCCCC. The van der Waals surface area contributed by atoms with Gasteiger partial charge in [0.05, 0.1) is 0 Å². The zero-order valence-corrected chi connectivity index (χ0v) is 52.2. The number of rotatable bonds is 63. The summed E-state index contributed by atoms with van der Waals surface area (Å²) >= 11 is 0. The second-order valence-corrected chi connectivity index (χ2v) is 23.1. The molecule has 0 N–H and O–H groups in total. The maximum atomic E-state index is 12.9. The Balaban J connectivity index is 4.32. The lowest BCUT2D eigenvalue weighted by atomic mass is 10.0. The Morgan fingerprint density at radius 2 is 0.500 bits per heavy atom. The number of carbonyl (C=O) groups excluding carboxylic acids is 3. The van der Waals surface area contributed by atoms with Crippen molar-refractivity contribution in [3.8, 4) is 0 Å². The molecule has 0 aromatic carbocycles. The van der Waals surface area contributed by atoms with E-state index < -0.39 is 6.10 Å². The summed E-state index contributed by atoms with van der Waals surface area (Å²) in [6, 6.07) is 0. The molecule has 6 nitrogen and oxygen atoms in total. The van der Waals surface area contributed by atoms with Crippen LogP contribution in [-0.4, -0.2) is 37.2 Å². The summed E-state index contributed by atoms with van der Waals surface area (Å²) in [5.74, 6) is -0.850. The molecule has 0 saturated carbocycles.